The summed E-state index contributed by atoms with van der Waals surface area (Å²) in [5.74, 6) is -3.04. The first kappa shape index (κ1) is 42.1. The normalized spacial score (nSPS) is 17.2. The molecule has 2 heterocycles. The van der Waals surface area contributed by atoms with E-state index in [2.05, 4.69) is 0 Å². The third kappa shape index (κ3) is 10.7. The van der Waals surface area contributed by atoms with Gasteiger partial charge in [-0.1, -0.05) is 26.0 Å². The maximum atomic E-state index is 15.9. The van der Waals surface area contributed by atoms with Gasteiger partial charge in [0.1, 0.15) is 35.0 Å². The van der Waals surface area contributed by atoms with E-state index in [4.69, 9.17) is 23.9 Å². The lowest BCUT2D eigenvalue weighted by atomic mass is 9.79. The number of amides is 2. The van der Waals surface area contributed by atoms with Crippen LogP contribution in [0.3, 0.4) is 0 Å². The lowest BCUT2D eigenvalue weighted by Gasteiger charge is -2.43. The van der Waals surface area contributed by atoms with Crippen molar-refractivity contribution in [2.75, 3.05) is 40.1 Å². The van der Waals surface area contributed by atoms with Crippen molar-refractivity contribution in [3.8, 4) is 17.0 Å². The van der Waals surface area contributed by atoms with Crippen LogP contribution in [0.2, 0.25) is 0 Å². The highest BCUT2D eigenvalue weighted by molar-refractivity contribution is 5.83. The maximum absolute atomic E-state index is 15.9. The molecule has 15 heteroatoms. The lowest BCUT2D eigenvalue weighted by Crippen LogP contribution is -2.50. The number of imidazole rings is 1. The molecule has 0 aliphatic carbocycles. The number of likely N-dealkylation sites (tertiary alicyclic amines) is 1. The summed E-state index contributed by atoms with van der Waals surface area (Å²) in [7, 11) is 1.49. The van der Waals surface area contributed by atoms with Gasteiger partial charge in [0.25, 0.3) is 5.91 Å². The minimum absolute atomic E-state index is 0.000123. The summed E-state index contributed by atoms with van der Waals surface area (Å²) in [4.78, 5) is 47.0. The third-order valence-corrected chi connectivity index (χ3v) is 9.08. The Morgan fingerprint density at radius 3 is 2.44 bits per heavy atom. The molecular formula is C39H51F3N4O8. The molecule has 0 spiro atoms. The number of aliphatic hydroxyl groups excluding tert-OH is 1. The Balaban J connectivity index is 1.91. The highest BCUT2D eigenvalue weighted by Crippen LogP contribution is 2.43. The minimum Gasteiger partial charge on any atom is -0.468 e. The van der Waals surface area contributed by atoms with E-state index in [1.807, 2.05) is 6.07 Å². The van der Waals surface area contributed by atoms with Gasteiger partial charge in [-0.15, -0.1) is 0 Å². The molecule has 296 valence electrons. The highest BCUT2D eigenvalue weighted by Gasteiger charge is 2.46. The Labute approximate surface area is 314 Å². The molecule has 4 rings (SSSR count). The first-order chi connectivity index (χ1) is 25.3. The van der Waals surface area contributed by atoms with E-state index in [1.54, 1.807) is 57.4 Å². The number of carbonyl (C=O) groups is 3. The Hall–Kier alpha value is -4.63. The number of hydrogen-bond acceptors (Lipinski definition) is 9. The van der Waals surface area contributed by atoms with E-state index in [-0.39, 0.29) is 63.1 Å². The molecule has 1 aliphatic rings. The first-order valence-electron chi connectivity index (χ1n) is 17.8. The molecule has 12 nitrogen and oxygen atoms in total. The summed E-state index contributed by atoms with van der Waals surface area (Å²) < 4.78 is 69.0. The summed E-state index contributed by atoms with van der Waals surface area (Å²) in [6.07, 6.45) is -1.94. The van der Waals surface area contributed by atoms with Crippen molar-refractivity contribution < 1.29 is 51.6 Å². The number of methoxy groups -OCH3 is 1. The summed E-state index contributed by atoms with van der Waals surface area (Å²) in [5, 5.41) is 10.3. The predicted octanol–water partition coefficient (Wildman–Crippen LogP) is 6.29. The average Bonchev–Trinajstić information content (AvgIpc) is 3.65. The number of carbonyl (C=O) groups excluding carboxylic acids is 3. The number of benzene rings is 2. The zero-order chi connectivity index (χ0) is 40.0. The van der Waals surface area contributed by atoms with Gasteiger partial charge in [-0.2, -0.15) is 0 Å². The first-order valence-corrected chi connectivity index (χ1v) is 17.8. The molecule has 1 aliphatic heterocycles. The van der Waals surface area contributed by atoms with Crippen LogP contribution < -0.4 is 4.74 Å². The van der Waals surface area contributed by atoms with Crippen LogP contribution in [0.1, 0.15) is 72.3 Å². The average molecular weight is 761 g/mol. The molecule has 54 heavy (non-hydrogen) atoms. The van der Waals surface area contributed by atoms with Gasteiger partial charge in [-0.05, 0) is 75.4 Å². The molecule has 0 unspecified atom stereocenters. The van der Waals surface area contributed by atoms with Gasteiger partial charge >= 0.3 is 12.1 Å². The van der Waals surface area contributed by atoms with Gasteiger partial charge in [0.15, 0.2) is 12.9 Å². The standard InChI is InChI=1S/C39H51F3N4O8/c1-24(53-25(2)48)36(49)46(20-27-19-45(21-32(27)42)37(50)54-38(3,4)5)34(39(6,7)14-15-47)35-43-33(30-17-28(40)12-13-31(30)41)22-44(35)18-26-10-9-11-29(16-26)52-23-51-8/h9-13,16-17,22,24,27,32,34,47H,14-15,18-21,23H2,1-8H3/t24-,27-,32-,34-/m0/s1. The maximum Gasteiger partial charge on any atom is 0.410 e. The number of aliphatic hydroxyl groups is 1. The van der Waals surface area contributed by atoms with E-state index in [9.17, 15) is 23.9 Å². The van der Waals surface area contributed by atoms with Crippen molar-refractivity contribution in [3.63, 3.8) is 0 Å². The van der Waals surface area contributed by atoms with Crippen LogP contribution in [0.15, 0.2) is 48.7 Å². The van der Waals surface area contributed by atoms with Crippen molar-refractivity contribution in [2.24, 2.45) is 11.3 Å². The number of esters is 1. The van der Waals surface area contributed by atoms with Crippen LogP contribution in [-0.4, -0.2) is 100 Å². The molecule has 1 fully saturated rings. The molecule has 2 aromatic carbocycles. The molecule has 1 saturated heterocycles. The molecular weight excluding hydrogens is 709 g/mol. The number of nitrogens with zero attached hydrogens (tertiary/aromatic N) is 4. The molecule has 0 saturated carbocycles. The van der Waals surface area contributed by atoms with Crippen molar-refractivity contribution in [2.45, 2.75) is 85.4 Å². The van der Waals surface area contributed by atoms with Crippen LogP contribution >= 0.6 is 0 Å². The van der Waals surface area contributed by atoms with Crippen molar-refractivity contribution in [1.29, 1.82) is 0 Å². The predicted molar refractivity (Wildman–Crippen MR) is 193 cm³/mol. The monoisotopic (exact) mass is 760 g/mol. The van der Waals surface area contributed by atoms with Crippen molar-refractivity contribution >= 4 is 18.0 Å². The fourth-order valence-corrected chi connectivity index (χ4v) is 6.58. The third-order valence-electron chi connectivity index (χ3n) is 9.08. The second kappa shape index (κ2) is 17.7. The minimum atomic E-state index is -1.56. The number of ether oxygens (including phenoxy) is 4. The zero-order valence-electron chi connectivity index (χ0n) is 32.1. The van der Waals surface area contributed by atoms with Crippen LogP contribution in [0.5, 0.6) is 5.75 Å². The van der Waals surface area contributed by atoms with Gasteiger partial charge in [-0.25, -0.2) is 22.9 Å². The Morgan fingerprint density at radius 1 is 1.07 bits per heavy atom. The number of aromatic nitrogens is 2. The molecule has 1 aromatic heterocycles. The molecule has 3 aromatic rings. The van der Waals surface area contributed by atoms with Gasteiger partial charge < -0.3 is 38.4 Å². The Kier molecular flexibility index (Phi) is 13.8. The highest BCUT2D eigenvalue weighted by atomic mass is 19.1. The summed E-state index contributed by atoms with van der Waals surface area (Å²) >= 11 is 0. The van der Waals surface area contributed by atoms with Gasteiger partial charge in [0, 0.05) is 58.0 Å². The smallest absolute Gasteiger partial charge is 0.410 e. The number of halogens is 3. The van der Waals surface area contributed by atoms with Gasteiger partial charge in [0.2, 0.25) is 0 Å². The van der Waals surface area contributed by atoms with Crippen LogP contribution in [0.25, 0.3) is 11.3 Å². The summed E-state index contributed by atoms with van der Waals surface area (Å²) in [5.41, 5.74) is -1.21. The topological polar surface area (TPSA) is 133 Å². The Bertz CT molecular complexity index is 1780. The van der Waals surface area contributed by atoms with E-state index in [0.29, 0.717) is 11.3 Å². The summed E-state index contributed by atoms with van der Waals surface area (Å²) in [6, 6.07) is 9.02. The van der Waals surface area contributed by atoms with Crippen molar-refractivity contribution in [3.05, 3.63) is 71.7 Å². The van der Waals surface area contributed by atoms with E-state index in [0.717, 1.165) is 25.1 Å². The number of hydrogen-bond donors (Lipinski definition) is 1. The largest absolute Gasteiger partial charge is 0.468 e. The number of alkyl halides is 1. The molecule has 1 N–H and O–H groups in total. The fraction of sp³-hybridized carbons (Fsp3) is 0.538. The SMILES string of the molecule is COCOc1cccc(Cn2cc(-c3cc(F)ccc3F)nc2[C@H](N(C[C@@H]2CN(C(=O)OC(C)(C)C)C[C@@H]2F)C(=O)[C@H](C)OC(C)=O)C(C)(C)CCO)c1. The zero-order valence-corrected chi connectivity index (χ0v) is 32.1. The fourth-order valence-electron chi connectivity index (χ4n) is 6.58. The quantitative estimate of drug-likeness (QED) is 0.140. The van der Waals surface area contributed by atoms with Crippen LogP contribution in [0, 0.1) is 23.0 Å². The van der Waals surface area contributed by atoms with E-state index < -0.39 is 64.9 Å². The van der Waals surface area contributed by atoms with Gasteiger partial charge in [0.05, 0.1) is 18.3 Å². The molecule has 4 atom stereocenters. The van der Waals surface area contributed by atoms with E-state index in [1.165, 1.54) is 30.0 Å². The molecule has 0 radical (unpaired) electrons. The van der Waals surface area contributed by atoms with Crippen molar-refractivity contribution in [1.82, 2.24) is 19.4 Å². The summed E-state index contributed by atoms with van der Waals surface area (Å²) in [6.45, 7) is 10.4. The Morgan fingerprint density at radius 2 is 1.80 bits per heavy atom. The molecule has 2 amide bonds. The van der Waals surface area contributed by atoms with Gasteiger partial charge in [-0.3, -0.25) is 9.59 Å². The number of rotatable bonds is 15. The van der Waals surface area contributed by atoms with Crippen LogP contribution in [0.4, 0.5) is 18.0 Å². The van der Waals surface area contributed by atoms with E-state index >= 15 is 8.78 Å². The second-order valence-electron chi connectivity index (χ2n) is 15.2. The lowest BCUT2D eigenvalue weighted by molar-refractivity contribution is -0.161. The van der Waals surface area contributed by atoms with Crippen LogP contribution in [-0.2, 0) is 30.3 Å². The second-order valence-corrected chi connectivity index (χ2v) is 15.2. The molecule has 0 bridgehead atoms.